The SMILES string of the molecule is O=S(=O)(c1cnc[nH]1)N1CCCCC1C1CCCC1O. The van der Waals surface area contributed by atoms with E-state index in [1.165, 1.54) is 12.5 Å². The Morgan fingerprint density at radius 2 is 2.10 bits per heavy atom. The van der Waals surface area contributed by atoms with E-state index in [1.807, 2.05) is 0 Å². The Morgan fingerprint density at radius 3 is 2.75 bits per heavy atom. The molecule has 112 valence electrons. The zero-order chi connectivity index (χ0) is 14.2. The van der Waals surface area contributed by atoms with E-state index in [2.05, 4.69) is 9.97 Å². The average Bonchev–Trinajstić information content (AvgIpc) is 3.10. The minimum absolute atomic E-state index is 0.0745. The lowest BCUT2D eigenvalue weighted by atomic mass is 9.89. The number of sulfonamides is 1. The molecule has 0 spiro atoms. The maximum atomic E-state index is 12.7. The quantitative estimate of drug-likeness (QED) is 0.875. The molecule has 1 saturated heterocycles. The molecule has 1 aliphatic heterocycles. The smallest absolute Gasteiger partial charge is 0.260 e. The highest BCUT2D eigenvalue weighted by atomic mass is 32.2. The van der Waals surface area contributed by atoms with Crippen LogP contribution >= 0.6 is 0 Å². The number of aliphatic hydroxyl groups is 1. The predicted molar refractivity (Wildman–Crippen MR) is 73.5 cm³/mol. The number of imidazole rings is 1. The molecule has 2 heterocycles. The lowest BCUT2D eigenvalue weighted by Gasteiger charge is -2.38. The number of hydrogen-bond acceptors (Lipinski definition) is 4. The van der Waals surface area contributed by atoms with Gasteiger partial charge in [0.05, 0.1) is 18.6 Å². The average molecular weight is 299 g/mol. The first-order valence-electron chi connectivity index (χ1n) is 7.29. The molecule has 3 unspecified atom stereocenters. The number of aliphatic hydroxyl groups excluding tert-OH is 1. The van der Waals surface area contributed by atoms with Gasteiger partial charge in [0.15, 0.2) is 5.03 Å². The number of piperidine rings is 1. The van der Waals surface area contributed by atoms with E-state index in [4.69, 9.17) is 0 Å². The van der Waals surface area contributed by atoms with Crippen molar-refractivity contribution in [1.29, 1.82) is 0 Å². The first-order chi connectivity index (χ1) is 9.60. The van der Waals surface area contributed by atoms with Gasteiger partial charge in [-0.3, -0.25) is 0 Å². The van der Waals surface area contributed by atoms with Gasteiger partial charge in [0.2, 0.25) is 0 Å². The molecule has 2 fully saturated rings. The van der Waals surface area contributed by atoms with Gasteiger partial charge in [-0.2, -0.15) is 4.31 Å². The summed E-state index contributed by atoms with van der Waals surface area (Å²) in [5.41, 5.74) is 0. The van der Waals surface area contributed by atoms with Gasteiger partial charge in [-0.15, -0.1) is 0 Å². The third-order valence-electron chi connectivity index (χ3n) is 4.58. The van der Waals surface area contributed by atoms with E-state index < -0.39 is 10.0 Å². The van der Waals surface area contributed by atoms with Crippen LogP contribution in [0.5, 0.6) is 0 Å². The molecule has 1 aliphatic carbocycles. The summed E-state index contributed by atoms with van der Waals surface area (Å²) in [6.45, 7) is 0.537. The van der Waals surface area contributed by atoms with Crippen LogP contribution in [0.4, 0.5) is 0 Å². The van der Waals surface area contributed by atoms with Crippen molar-refractivity contribution in [2.45, 2.75) is 55.7 Å². The van der Waals surface area contributed by atoms with Crippen LogP contribution in [0.1, 0.15) is 38.5 Å². The van der Waals surface area contributed by atoms with Crippen molar-refractivity contribution in [3.63, 3.8) is 0 Å². The summed E-state index contributed by atoms with van der Waals surface area (Å²) in [4.78, 5) is 6.50. The van der Waals surface area contributed by atoms with Gasteiger partial charge in [0.25, 0.3) is 10.0 Å². The van der Waals surface area contributed by atoms with Crippen LogP contribution in [0, 0.1) is 5.92 Å². The molecule has 2 N–H and O–H groups in total. The number of aromatic nitrogens is 2. The molecule has 0 amide bonds. The third-order valence-corrected chi connectivity index (χ3v) is 6.43. The van der Waals surface area contributed by atoms with Crippen LogP contribution in [0.15, 0.2) is 17.6 Å². The van der Waals surface area contributed by atoms with Gasteiger partial charge in [-0.05, 0) is 25.7 Å². The van der Waals surface area contributed by atoms with E-state index in [0.717, 1.165) is 38.5 Å². The van der Waals surface area contributed by atoms with Crippen molar-refractivity contribution in [2.75, 3.05) is 6.54 Å². The lowest BCUT2D eigenvalue weighted by molar-refractivity contribution is 0.0722. The molecule has 20 heavy (non-hydrogen) atoms. The number of rotatable bonds is 3. The van der Waals surface area contributed by atoms with E-state index in [-0.39, 0.29) is 23.1 Å². The van der Waals surface area contributed by atoms with Crippen molar-refractivity contribution >= 4 is 10.0 Å². The number of nitrogens with one attached hydrogen (secondary N) is 1. The number of nitrogens with zero attached hydrogens (tertiary/aromatic N) is 2. The molecule has 3 atom stereocenters. The molecule has 0 bridgehead atoms. The molecule has 0 radical (unpaired) electrons. The Morgan fingerprint density at radius 1 is 1.25 bits per heavy atom. The second kappa shape index (κ2) is 5.46. The molecule has 1 aromatic rings. The zero-order valence-corrected chi connectivity index (χ0v) is 12.2. The summed E-state index contributed by atoms with van der Waals surface area (Å²) in [6, 6.07) is -0.0745. The molecule has 6 nitrogen and oxygen atoms in total. The molecule has 1 aromatic heterocycles. The minimum Gasteiger partial charge on any atom is -0.393 e. The van der Waals surface area contributed by atoms with Crippen molar-refractivity contribution in [1.82, 2.24) is 14.3 Å². The van der Waals surface area contributed by atoms with Crippen LogP contribution in [-0.2, 0) is 10.0 Å². The molecule has 3 rings (SSSR count). The summed E-state index contributed by atoms with van der Waals surface area (Å²) in [7, 11) is -3.52. The topological polar surface area (TPSA) is 86.3 Å². The van der Waals surface area contributed by atoms with E-state index in [1.54, 1.807) is 4.31 Å². The summed E-state index contributed by atoms with van der Waals surface area (Å²) in [5.74, 6) is 0.0768. The first-order valence-corrected chi connectivity index (χ1v) is 8.73. The van der Waals surface area contributed by atoms with Gasteiger partial charge >= 0.3 is 0 Å². The molecule has 2 aliphatic rings. The number of H-pyrrole nitrogens is 1. The molecular weight excluding hydrogens is 278 g/mol. The first kappa shape index (κ1) is 14.0. The maximum Gasteiger partial charge on any atom is 0.260 e. The highest BCUT2D eigenvalue weighted by Gasteiger charge is 2.42. The fraction of sp³-hybridized carbons (Fsp3) is 0.769. The minimum atomic E-state index is -3.52. The summed E-state index contributed by atoms with van der Waals surface area (Å²) >= 11 is 0. The standard InChI is InChI=1S/C13H21N3O3S/c17-12-6-3-4-10(12)11-5-1-2-7-16(11)20(18,19)13-8-14-9-15-13/h8-12,17H,1-7H2,(H,14,15). The van der Waals surface area contributed by atoms with Crippen LogP contribution in [0.25, 0.3) is 0 Å². The second-order valence-corrected chi connectivity index (χ2v) is 7.62. The highest BCUT2D eigenvalue weighted by Crippen LogP contribution is 2.37. The Kier molecular flexibility index (Phi) is 3.83. The van der Waals surface area contributed by atoms with Crippen molar-refractivity contribution in [2.24, 2.45) is 5.92 Å². The van der Waals surface area contributed by atoms with E-state index in [9.17, 15) is 13.5 Å². The van der Waals surface area contributed by atoms with Crippen LogP contribution < -0.4 is 0 Å². The molecular formula is C13H21N3O3S. The summed E-state index contributed by atoms with van der Waals surface area (Å²) < 4.78 is 27.0. The van der Waals surface area contributed by atoms with Gasteiger partial charge in [-0.25, -0.2) is 13.4 Å². The van der Waals surface area contributed by atoms with Crippen LogP contribution in [-0.4, -0.2) is 46.5 Å². The van der Waals surface area contributed by atoms with Crippen LogP contribution in [0.3, 0.4) is 0 Å². The number of aromatic amines is 1. The van der Waals surface area contributed by atoms with Gasteiger partial charge in [-0.1, -0.05) is 12.8 Å². The normalized spacial score (nSPS) is 32.5. The summed E-state index contributed by atoms with van der Waals surface area (Å²) in [6.07, 6.45) is 7.82. The summed E-state index contributed by atoms with van der Waals surface area (Å²) in [5, 5.41) is 10.3. The lowest BCUT2D eigenvalue weighted by Crippen LogP contribution is -2.49. The Balaban J connectivity index is 1.89. The molecule has 7 heteroatoms. The maximum absolute atomic E-state index is 12.7. The van der Waals surface area contributed by atoms with Crippen molar-refractivity contribution < 1.29 is 13.5 Å². The van der Waals surface area contributed by atoms with Gasteiger partial charge < -0.3 is 10.1 Å². The third kappa shape index (κ3) is 2.38. The van der Waals surface area contributed by atoms with Gasteiger partial charge in [0.1, 0.15) is 0 Å². The Labute approximate surface area is 119 Å². The molecule has 1 saturated carbocycles. The molecule has 0 aromatic carbocycles. The second-order valence-electron chi connectivity index (χ2n) is 5.76. The van der Waals surface area contributed by atoms with Gasteiger partial charge in [0, 0.05) is 18.5 Å². The number of hydrogen-bond donors (Lipinski definition) is 2. The largest absolute Gasteiger partial charge is 0.393 e. The Hall–Kier alpha value is -0.920. The van der Waals surface area contributed by atoms with Crippen molar-refractivity contribution in [3.05, 3.63) is 12.5 Å². The highest BCUT2D eigenvalue weighted by molar-refractivity contribution is 7.89. The van der Waals surface area contributed by atoms with Crippen molar-refractivity contribution in [3.8, 4) is 0 Å². The van der Waals surface area contributed by atoms with Crippen LogP contribution in [0.2, 0.25) is 0 Å². The fourth-order valence-corrected chi connectivity index (χ4v) is 5.22. The monoisotopic (exact) mass is 299 g/mol. The van der Waals surface area contributed by atoms with E-state index >= 15 is 0 Å². The predicted octanol–water partition coefficient (Wildman–Crippen LogP) is 1.11. The fourth-order valence-electron chi connectivity index (χ4n) is 3.59. The Bertz CT molecular complexity index is 543. The zero-order valence-electron chi connectivity index (χ0n) is 11.4. The van der Waals surface area contributed by atoms with E-state index in [0.29, 0.717) is 6.54 Å².